The molecule has 2 rings (SSSR count). The molecule has 1 aromatic carbocycles. The molecule has 0 aliphatic heterocycles. The number of pyridine rings is 1. The fourth-order valence-corrected chi connectivity index (χ4v) is 2.50. The van der Waals surface area contributed by atoms with Gasteiger partial charge in [-0.25, -0.2) is 0 Å². The highest BCUT2D eigenvalue weighted by Gasteiger charge is 2.19. The van der Waals surface area contributed by atoms with Crippen molar-refractivity contribution in [1.82, 2.24) is 4.98 Å². The van der Waals surface area contributed by atoms with Crippen LogP contribution in [-0.4, -0.2) is 35.1 Å². The predicted molar refractivity (Wildman–Crippen MR) is 86.9 cm³/mol. The van der Waals surface area contributed by atoms with E-state index >= 15 is 0 Å². The van der Waals surface area contributed by atoms with Gasteiger partial charge >= 0.3 is 0 Å². The second-order valence-electron chi connectivity index (χ2n) is 5.32. The van der Waals surface area contributed by atoms with Gasteiger partial charge in [-0.3, -0.25) is 10.4 Å². The molecule has 0 saturated heterocycles. The summed E-state index contributed by atoms with van der Waals surface area (Å²) < 4.78 is 0. The molecule has 112 valence electrons. The second kappa shape index (κ2) is 6.54. The number of nitrogens with two attached hydrogens (primary N) is 1. The molecule has 0 atom stereocenters. The Kier molecular flexibility index (Phi) is 4.75. The molecule has 21 heavy (non-hydrogen) atoms. The lowest BCUT2D eigenvalue weighted by Crippen LogP contribution is -2.34. The number of hydrogen-bond donors (Lipinski definition) is 3. The Morgan fingerprint density at radius 2 is 2.10 bits per heavy atom. The SMILES string of the molecule is CC(C)N(CCCO)c1c(C(=N)N)cnc2ccccc12. The summed E-state index contributed by atoms with van der Waals surface area (Å²) in [6, 6.07) is 8.09. The van der Waals surface area contributed by atoms with Gasteiger partial charge in [-0.15, -0.1) is 0 Å². The number of nitrogen functional groups attached to an aromatic ring is 1. The van der Waals surface area contributed by atoms with Gasteiger partial charge in [0.25, 0.3) is 0 Å². The largest absolute Gasteiger partial charge is 0.396 e. The molecular formula is C16H22N4O. The number of benzene rings is 1. The van der Waals surface area contributed by atoms with Gasteiger partial charge < -0.3 is 15.7 Å². The van der Waals surface area contributed by atoms with Crippen molar-refractivity contribution in [2.24, 2.45) is 5.73 Å². The molecule has 0 aliphatic carbocycles. The van der Waals surface area contributed by atoms with Crippen molar-refractivity contribution in [2.45, 2.75) is 26.3 Å². The smallest absolute Gasteiger partial charge is 0.126 e. The van der Waals surface area contributed by atoms with Crippen LogP contribution in [0.5, 0.6) is 0 Å². The Balaban J connectivity index is 2.66. The van der Waals surface area contributed by atoms with Crippen LogP contribution in [0.1, 0.15) is 25.8 Å². The number of nitrogens with one attached hydrogen (secondary N) is 1. The number of rotatable bonds is 6. The standard InChI is InChI=1S/C16H22N4O/c1-11(2)20(8-5-9-21)15-12-6-3-4-7-14(12)19-10-13(15)16(17)18/h3-4,6-7,10-11,21H,5,8-9H2,1-2H3,(H3,17,18). The van der Waals surface area contributed by atoms with Gasteiger partial charge in [0.15, 0.2) is 0 Å². The van der Waals surface area contributed by atoms with E-state index in [9.17, 15) is 0 Å². The molecule has 0 spiro atoms. The van der Waals surface area contributed by atoms with Crippen molar-refractivity contribution in [3.8, 4) is 0 Å². The molecule has 5 nitrogen and oxygen atoms in total. The number of fused-ring (bicyclic) bond motifs is 1. The lowest BCUT2D eigenvalue weighted by atomic mass is 10.1. The number of hydrogen-bond acceptors (Lipinski definition) is 4. The lowest BCUT2D eigenvalue weighted by molar-refractivity contribution is 0.288. The van der Waals surface area contributed by atoms with E-state index in [2.05, 4.69) is 23.7 Å². The average molecular weight is 286 g/mol. The molecule has 0 bridgehead atoms. The Morgan fingerprint density at radius 3 is 2.71 bits per heavy atom. The van der Waals surface area contributed by atoms with Crippen LogP contribution in [0, 0.1) is 5.41 Å². The van der Waals surface area contributed by atoms with E-state index in [0.717, 1.165) is 16.6 Å². The Morgan fingerprint density at radius 1 is 1.38 bits per heavy atom. The molecular weight excluding hydrogens is 264 g/mol. The van der Waals surface area contributed by atoms with Crippen LogP contribution < -0.4 is 10.6 Å². The summed E-state index contributed by atoms with van der Waals surface area (Å²) in [4.78, 5) is 6.57. The summed E-state index contributed by atoms with van der Waals surface area (Å²) in [6.07, 6.45) is 2.33. The fraction of sp³-hybridized carbons (Fsp3) is 0.375. The van der Waals surface area contributed by atoms with Crippen molar-refractivity contribution in [2.75, 3.05) is 18.1 Å². The highest BCUT2D eigenvalue weighted by molar-refractivity contribution is 6.07. The normalized spacial score (nSPS) is 11.0. The zero-order valence-electron chi connectivity index (χ0n) is 12.5. The molecule has 0 amide bonds. The third kappa shape index (κ3) is 3.13. The predicted octanol–water partition coefficient (Wildman–Crippen LogP) is 2.12. The fourth-order valence-electron chi connectivity index (χ4n) is 2.50. The molecule has 0 aliphatic rings. The molecule has 1 heterocycles. The van der Waals surface area contributed by atoms with E-state index < -0.39 is 0 Å². The van der Waals surface area contributed by atoms with Gasteiger partial charge in [0.1, 0.15) is 5.84 Å². The second-order valence-corrected chi connectivity index (χ2v) is 5.32. The first-order valence-corrected chi connectivity index (χ1v) is 7.16. The van der Waals surface area contributed by atoms with E-state index in [1.807, 2.05) is 24.3 Å². The van der Waals surface area contributed by atoms with E-state index in [0.29, 0.717) is 18.5 Å². The minimum atomic E-state index is 0.0119. The Bertz CT molecular complexity index is 639. The first-order valence-electron chi connectivity index (χ1n) is 7.16. The number of aliphatic hydroxyl groups excluding tert-OH is 1. The monoisotopic (exact) mass is 286 g/mol. The highest BCUT2D eigenvalue weighted by Crippen LogP contribution is 2.30. The van der Waals surface area contributed by atoms with Gasteiger partial charge in [-0.05, 0) is 26.3 Å². The van der Waals surface area contributed by atoms with Crippen LogP contribution in [0.4, 0.5) is 5.69 Å². The summed E-state index contributed by atoms with van der Waals surface area (Å²) in [6.45, 7) is 5.04. The Hall–Kier alpha value is -2.14. The van der Waals surface area contributed by atoms with Gasteiger partial charge in [0.2, 0.25) is 0 Å². The first-order chi connectivity index (χ1) is 10.1. The van der Waals surface area contributed by atoms with Crippen LogP contribution in [0.25, 0.3) is 10.9 Å². The number of nitrogens with zero attached hydrogens (tertiary/aromatic N) is 2. The zero-order valence-corrected chi connectivity index (χ0v) is 12.5. The number of para-hydroxylation sites is 1. The van der Waals surface area contributed by atoms with Gasteiger partial charge in [0, 0.05) is 30.8 Å². The van der Waals surface area contributed by atoms with Crippen molar-refractivity contribution in [3.63, 3.8) is 0 Å². The summed E-state index contributed by atoms with van der Waals surface area (Å²) in [5, 5.41) is 17.9. The van der Waals surface area contributed by atoms with Crippen molar-refractivity contribution < 1.29 is 5.11 Å². The number of anilines is 1. The maximum atomic E-state index is 9.13. The Labute approximate surface area is 124 Å². The van der Waals surface area contributed by atoms with E-state index in [1.165, 1.54) is 0 Å². The molecule has 1 aromatic heterocycles. The van der Waals surface area contributed by atoms with Crippen LogP contribution in [0.15, 0.2) is 30.5 Å². The molecule has 0 fully saturated rings. The maximum absolute atomic E-state index is 9.13. The van der Waals surface area contributed by atoms with Crippen molar-refractivity contribution in [1.29, 1.82) is 5.41 Å². The van der Waals surface area contributed by atoms with E-state index in [-0.39, 0.29) is 18.5 Å². The number of aliphatic hydroxyl groups is 1. The van der Waals surface area contributed by atoms with Crippen molar-refractivity contribution in [3.05, 3.63) is 36.0 Å². The molecule has 4 N–H and O–H groups in total. The molecule has 0 saturated carbocycles. The summed E-state index contributed by atoms with van der Waals surface area (Å²) in [5.74, 6) is 0.0119. The topological polar surface area (TPSA) is 86.2 Å². The minimum absolute atomic E-state index is 0.0119. The van der Waals surface area contributed by atoms with Crippen LogP contribution in [-0.2, 0) is 0 Å². The average Bonchev–Trinajstić information content (AvgIpc) is 2.47. The van der Waals surface area contributed by atoms with Gasteiger partial charge in [-0.2, -0.15) is 0 Å². The zero-order chi connectivity index (χ0) is 15.4. The van der Waals surface area contributed by atoms with Gasteiger partial charge in [0.05, 0.1) is 16.8 Å². The van der Waals surface area contributed by atoms with Crippen molar-refractivity contribution >= 4 is 22.4 Å². The third-order valence-corrected chi connectivity index (χ3v) is 3.50. The van der Waals surface area contributed by atoms with Crippen LogP contribution in [0.3, 0.4) is 0 Å². The maximum Gasteiger partial charge on any atom is 0.126 e. The molecule has 0 unspecified atom stereocenters. The van der Waals surface area contributed by atoms with Gasteiger partial charge in [-0.1, -0.05) is 18.2 Å². The quantitative estimate of drug-likeness (QED) is 0.561. The number of amidine groups is 1. The van der Waals surface area contributed by atoms with E-state index in [4.69, 9.17) is 16.2 Å². The van der Waals surface area contributed by atoms with Crippen LogP contribution >= 0.6 is 0 Å². The van der Waals surface area contributed by atoms with E-state index in [1.54, 1.807) is 6.20 Å². The minimum Gasteiger partial charge on any atom is -0.396 e. The lowest BCUT2D eigenvalue weighted by Gasteiger charge is -2.31. The van der Waals surface area contributed by atoms with Crippen LogP contribution in [0.2, 0.25) is 0 Å². The highest BCUT2D eigenvalue weighted by atomic mass is 16.3. The third-order valence-electron chi connectivity index (χ3n) is 3.50. The molecule has 0 radical (unpaired) electrons. The first kappa shape index (κ1) is 15.3. The summed E-state index contributed by atoms with van der Waals surface area (Å²) in [7, 11) is 0. The summed E-state index contributed by atoms with van der Waals surface area (Å²) in [5.41, 5.74) is 8.19. The molecule has 5 heteroatoms. The number of aromatic nitrogens is 1. The summed E-state index contributed by atoms with van der Waals surface area (Å²) >= 11 is 0. The molecule has 2 aromatic rings.